The van der Waals surface area contributed by atoms with E-state index in [4.69, 9.17) is 20.2 Å². The highest BCUT2D eigenvalue weighted by molar-refractivity contribution is 8.13. The SMILES string of the molecule is CC(C)(C)OC(=O)N1CC(OCCS(=O)(=O)Cl)C1. The van der Waals surface area contributed by atoms with Crippen molar-refractivity contribution in [2.45, 2.75) is 32.5 Å². The Balaban J connectivity index is 2.18. The summed E-state index contributed by atoms with van der Waals surface area (Å²) in [5.74, 6) is -0.225. The molecule has 106 valence electrons. The quantitative estimate of drug-likeness (QED) is 0.729. The third-order valence-electron chi connectivity index (χ3n) is 2.18. The van der Waals surface area contributed by atoms with Crippen molar-refractivity contribution in [2.24, 2.45) is 0 Å². The van der Waals surface area contributed by atoms with Crippen LogP contribution in [0.2, 0.25) is 0 Å². The van der Waals surface area contributed by atoms with Gasteiger partial charge >= 0.3 is 6.09 Å². The van der Waals surface area contributed by atoms with Crippen molar-refractivity contribution in [3.05, 3.63) is 0 Å². The zero-order valence-corrected chi connectivity index (χ0v) is 12.3. The molecule has 0 spiro atoms. The van der Waals surface area contributed by atoms with Crippen LogP contribution in [0.1, 0.15) is 20.8 Å². The van der Waals surface area contributed by atoms with E-state index in [0.717, 1.165) is 0 Å². The fourth-order valence-electron chi connectivity index (χ4n) is 1.33. The first-order valence-electron chi connectivity index (χ1n) is 5.59. The Hall–Kier alpha value is -0.530. The summed E-state index contributed by atoms with van der Waals surface area (Å²) in [6.07, 6.45) is -0.525. The lowest BCUT2D eigenvalue weighted by Gasteiger charge is -2.39. The molecule has 0 aliphatic carbocycles. The van der Waals surface area contributed by atoms with E-state index in [-0.39, 0.29) is 24.6 Å². The van der Waals surface area contributed by atoms with Gasteiger partial charge in [-0.1, -0.05) is 0 Å². The molecule has 0 unspecified atom stereocenters. The van der Waals surface area contributed by atoms with Gasteiger partial charge in [-0.3, -0.25) is 0 Å². The topological polar surface area (TPSA) is 72.9 Å². The first-order chi connectivity index (χ1) is 8.07. The predicted molar refractivity (Wildman–Crippen MR) is 67.2 cm³/mol. The molecule has 0 saturated carbocycles. The van der Waals surface area contributed by atoms with Gasteiger partial charge < -0.3 is 14.4 Å². The summed E-state index contributed by atoms with van der Waals surface area (Å²) in [5, 5.41) is 0. The lowest BCUT2D eigenvalue weighted by Crippen LogP contribution is -2.56. The minimum absolute atomic E-state index is 0.0403. The highest BCUT2D eigenvalue weighted by Gasteiger charge is 2.34. The van der Waals surface area contributed by atoms with E-state index in [1.54, 1.807) is 20.8 Å². The minimum Gasteiger partial charge on any atom is -0.444 e. The van der Waals surface area contributed by atoms with Crippen LogP contribution in [0.15, 0.2) is 0 Å². The predicted octanol–water partition coefficient (Wildman–Crippen LogP) is 1.19. The summed E-state index contributed by atoms with van der Waals surface area (Å²) in [6.45, 7) is 6.26. The van der Waals surface area contributed by atoms with Crippen molar-refractivity contribution in [1.29, 1.82) is 0 Å². The number of amides is 1. The molecule has 0 aromatic rings. The maximum atomic E-state index is 11.6. The molecule has 0 aromatic heterocycles. The lowest BCUT2D eigenvalue weighted by atomic mass is 10.2. The molecule has 1 amide bonds. The molecule has 8 heteroatoms. The molecule has 1 rings (SSSR count). The molecule has 1 fully saturated rings. The first-order valence-corrected chi connectivity index (χ1v) is 8.06. The second kappa shape index (κ2) is 5.63. The molecule has 0 aromatic carbocycles. The van der Waals surface area contributed by atoms with Crippen LogP contribution in [0.4, 0.5) is 4.79 Å². The maximum Gasteiger partial charge on any atom is 0.410 e. The van der Waals surface area contributed by atoms with Crippen LogP contribution in [0, 0.1) is 0 Å². The molecule has 1 aliphatic heterocycles. The molecule has 0 radical (unpaired) electrons. The number of hydrogen-bond acceptors (Lipinski definition) is 5. The van der Waals surface area contributed by atoms with Crippen molar-refractivity contribution in [2.75, 3.05) is 25.4 Å². The number of rotatable bonds is 4. The summed E-state index contributed by atoms with van der Waals surface area (Å²) in [5.41, 5.74) is -0.518. The molecule has 6 nitrogen and oxygen atoms in total. The number of hydrogen-bond donors (Lipinski definition) is 0. The maximum absolute atomic E-state index is 11.6. The average molecular weight is 300 g/mol. The highest BCUT2D eigenvalue weighted by Crippen LogP contribution is 2.17. The Morgan fingerprint density at radius 2 is 1.94 bits per heavy atom. The molecule has 18 heavy (non-hydrogen) atoms. The molecule has 1 saturated heterocycles. The summed E-state index contributed by atoms with van der Waals surface area (Å²) < 4.78 is 31.7. The Morgan fingerprint density at radius 1 is 1.39 bits per heavy atom. The van der Waals surface area contributed by atoms with E-state index in [1.807, 2.05) is 0 Å². The zero-order chi connectivity index (χ0) is 14.0. The molecule has 1 heterocycles. The lowest BCUT2D eigenvalue weighted by molar-refractivity contribution is -0.0591. The van der Waals surface area contributed by atoms with Gasteiger partial charge in [-0.15, -0.1) is 0 Å². The van der Waals surface area contributed by atoms with Gasteiger partial charge in [-0.05, 0) is 20.8 Å². The van der Waals surface area contributed by atoms with Gasteiger partial charge in [0.1, 0.15) is 5.60 Å². The van der Waals surface area contributed by atoms with E-state index in [9.17, 15) is 13.2 Å². The van der Waals surface area contributed by atoms with Crippen LogP contribution in [-0.2, 0) is 18.5 Å². The first kappa shape index (κ1) is 15.5. The van der Waals surface area contributed by atoms with Crippen molar-refractivity contribution in [1.82, 2.24) is 4.90 Å². The Kier molecular flexibility index (Phi) is 4.85. The van der Waals surface area contributed by atoms with Crippen LogP contribution in [0.25, 0.3) is 0 Å². The molecule has 0 N–H and O–H groups in total. The highest BCUT2D eigenvalue weighted by atomic mass is 35.7. The second-order valence-electron chi connectivity index (χ2n) is 5.12. The van der Waals surface area contributed by atoms with Gasteiger partial charge in [-0.25, -0.2) is 13.2 Å². The van der Waals surface area contributed by atoms with Crippen LogP contribution in [-0.4, -0.2) is 56.6 Å². The van der Waals surface area contributed by atoms with Gasteiger partial charge in [0, 0.05) is 10.7 Å². The third kappa shape index (κ3) is 5.88. The van der Waals surface area contributed by atoms with Gasteiger partial charge in [0.15, 0.2) is 0 Å². The van der Waals surface area contributed by atoms with Gasteiger partial charge in [0.25, 0.3) is 0 Å². The van der Waals surface area contributed by atoms with E-state index in [1.165, 1.54) is 4.90 Å². The van der Waals surface area contributed by atoms with Crippen molar-refractivity contribution >= 4 is 25.8 Å². The van der Waals surface area contributed by atoms with Crippen LogP contribution in [0.3, 0.4) is 0 Å². The number of carbonyl (C=O) groups is 1. The van der Waals surface area contributed by atoms with Crippen molar-refractivity contribution in [3.63, 3.8) is 0 Å². The zero-order valence-electron chi connectivity index (χ0n) is 10.7. The smallest absolute Gasteiger partial charge is 0.410 e. The number of carbonyl (C=O) groups excluding carboxylic acids is 1. The third-order valence-corrected chi connectivity index (χ3v) is 3.30. The largest absolute Gasteiger partial charge is 0.444 e. The minimum atomic E-state index is -3.52. The fourth-order valence-corrected chi connectivity index (χ4v) is 1.82. The van der Waals surface area contributed by atoms with Crippen molar-refractivity contribution < 1.29 is 22.7 Å². The Morgan fingerprint density at radius 3 is 2.39 bits per heavy atom. The summed E-state index contributed by atoms with van der Waals surface area (Å²) in [4.78, 5) is 13.1. The summed E-state index contributed by atoms with van der Waals surface area (Å²) in [6, 6.07) is 0. The van der Waals surface area contributed by atoms with Gasteiger partial charge in [0.05, 0.1) is 31.6 Å². The second-order valence-corrected chi connectivity index (χ2v) is 8.02. The fraction of sp³-hybridized carbons (Fsp3) is 0.900. The number of nitrogens with zero attached hydrogens (tertiary/aromatic N) is 1. The van der Waals surface area contributed by atoms with Crippen LogP contribution < -0.4 is 0 Å². The van der Waals surface area contributed by atoms with E-state index in [0.29, 0.717) is 13.1 Å². The number of ether oxygens (including phenoxy) is 2. The normalized spacial score (nSPS) is 17.4. The van der Waals surface area contributed by atoms with E-state index >= 15 is 0 Å². The molecular weight excluding hydrogens is 282 g/mol. The van der Waals surface area contributed by atoms with Crippen LogP contribution >= 0.6 is 10.7 Å². The summed E-state index contributed by atoms with van der Waals surface area (Å²) >= 11 is 0. The van der Waals surface area contributed by atoms with Crippen molar-refractivity contribution in [3.8, 4) is 0 Å². The van der Waals surface area contributed by atoms with Crippen LogP contribution in [0.5, 0.6) is 0 Å². The monoisotopic (exact) mass is 299 g/mol. The average Bonchev–Trinajstić information content (AvgIpc) is 2.03. The molecule has 0 atom stereocenters. The standard InChI is InChI=1S/C10H18ClNO5S/c1-10(2,3)17-9(13)12-6-8(7-12)16-4-5-18(11,14)15/h8H,4-7H2,1-3H3. The Bertz CT molecular complexity index is 397. The summed E-state index contributed by atoms with van der Waals surface area (Å²) in [7, 11) is 1.52. The molecular formula is C10H18ClNO5S. The number of halogens is 1. The van der Waals surface area contributed by atoms with Gasteiger partial charge in [-0.2, -0.15) is 0 Å². The van der Waals surface area contributed by atoms with E-state index < -0.39 is 14.7 Å². The Labute approximate surface area is 112 Å². The van der Waals surface area contributed by atoms with E-state index in [2.05, 4.69) is 0 Å². The molecule has 0 bridgehead atoms. The van der Waals surface area contributed by atoms with Gasteiger partial charge in [0.2, 0.25) is 9.05 Å². The molecule has 1 aliphatic rings. The number of likely N-dealkylation sites (tertiary alicyclic amines) is 1.